The highest BCUT2D eigenvalue weighted by Crippen LogP contribution is 2.04. The van der Waals surface area contributed by atoms with Crippen molar-refractivity contribution in [2.75, 3.05) is 0 Å². The van der Waals surface area contributed by atoms with E-state index in [2.05, 4.69) is 0 Å². The fraction of sp³-hybridized carbons (Fsp3) is 0.111. The van der Waals surface area contributed by atoms with Gasteiger partial charge in [-0.25, -0.2) is 4.21 Å². The van der Waals surface area contributed by atoms with Gasteiger partial charge < -0.3 is 4.55 Å². The van der Waals surface area contributed by atoms with Crippen molar-refractivity contribution in [3.05, 3.63) is 40.8 Å². The summed E-state index contributed by atoms with van der Waals surface area (Å²) in [6, 6.07) is 7.72. The van der Waals surface area contributed by atoms with Gasteiger partial charge in [-0.3, -0.25) is 0 Å². The number of hydrogen-bond donors (Lipinski definition) is 1. The predicted octanol–water partition coefficient (Wildman–Crippen LogP) is 2.19. The van der Waals surface area contributed by atoms with Crippen molar-refractivity contribution < 1.29 is 8.76 Å². The highest BCUT2D eigenvalue weighted by Gasteiger charge is 1.87. The second-order valence-corrected chi connectivity index (χ2v) is 3.31. The molecular weight excluding hydrogens is 172 g/mol. The Hall–Kier alpha value is -0.930. The molecule has 12 heavy (non-hydrogen) atoms. The number of aryl methyl sites for hydroxylation is 1. The number of benzene rings is 1. The Balaban J connectivity index is 2.77. The Bertz CT molecular complexity index is 301. The van der Waals surface area contributed by atoms with E-state index >= 15 is 0 Å². The topological polar surface area (TPSA) is 37.3 Å². The minimum Gasteiger partial charge on any atom is -0.303 e. The molecule has 1 atom stereocenters. The van der Waals surface area contributed by atoms with Crippen molar-refractivity contribution in [1.82, 2.24) is 0 Å². The van der Waals surface area contributed by atoms with E-state index in [1.807, 2.05) is 31.2 Å². The molecule has 1 aromatic carbocycles. The average molecular weight is 182 g/mol. The molecule has 0 radical (unpaired) electrons. The third kappa shape index (κ3) is 2.98. The van der Waals surface area contributed by atoms with Gasteiger partial charge in [0.2, 0.25) is 0 Å². The van der Waals surface area contributed by atoms with Crippen LogP contribution in [-0.2, 0) is 11.1 Å². The van der Waals surface area contributed by atoms with Gasteiger partial charge in [0, 0.05) is 5.41 Å². The molecule has 2 nitrogen and oxygen atoms in total. The molecule has 1 unspecified atom stereocenters. The van der Waals surface area contributed by atoms with Crippen LogP contribution in [0.25, 0.3) is 6.08 Å². The summed E-state index contributed by atoms with van der Waals surface area (Å²) in [6.45, 7) is 2.00. The molecular formula is C9H10O2S. The van der Waals surface area contributed by atoms with Crippen LogP contribution in [0.1, 0.15) is 11.1 Å². The van der Waals surface area contributed by atoms with Gasteiger partial charge in [0.05, 0.1) is 0 Å². The third-order valence-corrected chi connectivity index (χ3v) is 1.82. The van der Waals surface area contributed by atoms with E-state index in [0.717, 1.165) is 5.56 Å². The first-order chi connectivity index (χ1) is 5.68. The van der Waals surface area contributed by atoms with Crippen molar-refractivity contribution in [3.8, 4) is 0 Å². The molecule has 0 amide bonds. The maximum atomic E-state index is 10.3. The zero-order valence-corrected chi connectivity index (χ0v) is 7.54. The third-order valence-electron chi connectivity index (χ3n) is 1.45. The van der Waals surface area contributed by atoms with E-state index in [1.165, 1.54) is 11.0 Å². The SMILES string of the molecule is Cc1ccc(/C=C/S(=O)O)cc1. The largest absolute Gasteiger partial charge is 0.303 e. The smallest absolute Gasteiger partial charge is 0.178 e. The Labute approximate surface area is 74.2 Å². The van der Waals surface area contributed by atoms with Crippen LogP contribution in [0.2, 0.25) is 0 Å². The minimum absolute atomic E-state index is 0.933. The Morgan fingerprint density at radius 1 is 1.33 bits per heavy atom. The van der Waals surface area contributed by atoms with Crippen LogP contribution in [-0.4, -0.2) is 8.76 Å². The fourth-order valence-corrected chi connectivity index (χ4v) is 1.09. The van der Waals surface area contributed by atoms with E-state index in [0.29, 0.717) is 0 Å². The summed E-state index contributed by atoms with van der Waals surface area (Å²) in [5.41, 5.74) is 2.11. The van der Waals surface area contributed by atoms with E-state index in [1.54, 1.807) is 6.08 Å². The van der Waals surface area contributed by atoms with Gasteiger partial charge in [-0.2, -0.15) is 0 Å². The maximum Gasteiger partial charge on any atom is 0.178 e. The zero-order valence-electron chi connectivity index (χ0n) is 6.73. The minimum atomic E-state index is -1.85. The average Bonchev–Trinajstić information content (AvgIpc) is 2.03. The summed E-state index contributed by atoms with van der Waals surface area (Å²) < 4.78 is 18.7. The molecule has 0 heterocycles. The zero-order chi connectivity index (χ0) is 8.97. The number of hydrogen-bond acceptors (Lipinski definition) is 1. The molecule has 0 saturated carbocycles. The highest BCUT2D eigenvalue weighted by molar-refractivity contribution is 7.82. The normalized spacial score (nSPS) is 13.5. The monoisotopic (exact) mass is 182 g/mol. The standard InChI is InChI=1S/C9H10O2S/c1-8-2-4-9(5-3-8)6-7-12(10)11/h2-7H,1H3,(H,10,11)/b7-6+. The molecule has 0 aliphatic carbocycles. The first-order valence-corrected chi connectivity index (χ1v) is 4.70. The summed E-state index contributed by atoms with van der Waals surface area (Å²) >= 11 is -1.85. The highest BCUT2D eigenvalue weighted by atomic mass is 32.2. The molecule has 0 spiro atoms. The molecule has 0 saturated heterocycles. The lowest BCUT2D eigenvalue weighted by Gasteiger charge is -1.92. The van der Waals surface area contributed by atoms with Gasteiger partial charge in [-0.05, 0) is 18.6 Å². The lowest BCUT2D eigenvalue weighted by atomic mass is 10.2. The van der Waals surface area contributed by atoms with E-state index in [4.69, 9.17) is 4.55 Å². The van der Waals surface area contributed by atoms with Crippen molar-refractivity contribution in [3.63, 3.8) is 0 Å². The maximum absolute atomic E-state index is 10.3. The quantitative estimate of drug-likeness (QED) is 0.712. The van der Waals surface area contributed by atoms with Crippen molar-refractivity contribution in [1.29, 1.82) is 0 Å². The summed E-state index contributed by atoms with van der Waals surface area (Å²) in [4.78, 5) is 0. The van der Waals surface area contributed by atoms with Crippen LogP contribution in [0.3, 0.4) is 0 Å². The van der Waals surface area contributed by atoms with Crippen LogP contribution in [0, 0.1) is 6.92 Å². The molecule has 1 rings (SSSR count). The molecule has 1 aromatic rings. The molecule has 0 bridgehead atoms. The lowest BCUT2D eigenvalue weighted by molar-refractivity contribution is 0.574. The van der Waals surface area contributed by atoms with Crippen molar-refractivity contribution >= 4 is 17.2 Å². The van der Waals surface area contributed by atoms with Crippen molar-refractivity contribution in [2.45, 2.75) is 6.92 Å². The first kappa shape index (κ1) is 9.16. The van der Waals surface area contributed by atoms with E-state index < -0.39 is 11.1 Å². The Kier molecular flexibility index (Phi) is 3.19. The van der Waals surface area contributed by atoms with Crippen LogP contribution in [0.5, 0.6) is 0 Å². The van der Waals surface area contributed by atoms with Crippen LogP contribution in [0.15, 0.2) is 29.7 Å². The Morgan fingerprint density at radius 3 is 2.42 bits per heavy atom. The van der Waals surface area contributed by atoms with Crippen LogP contribution in [0.4, 0.5) is 0 Å². The summed E-state index contributed by atoms with van der Waals surface area (Å²) in [6.07, 6.45) is 1.62. The van der Waals surface area contributed by atoms with Gasteiger partial charge in [0.15, 0.2) is 11.1 Å². The summed E-state index contributed by atoms with van der Waals surface area (Å²) in [5, 5.41) is 1.24. The predicted molar refractivity (Wildman–Crippen MR) is 51.0 cm³/mol. The molecule has 0 aromatic heterocycles. The van der Waals surface area contributed by atoms with Crippen molar-refractivity contribution in [2.24, 2.45) is 0 Å². The molecule has 1 N–H and O–H groups in total. The van der Waals surface area contributed by atoms with Crippen LogP contribution >= 0.6 is 0 Å². The summed E-state index contributed by atoms with van der Waals surface area (Å²) in [5.74, 6) is 0. The summed E-state index contributed by atoms with van der Waals surface area (Å²) in [7, 11) is 0. The molecule has 64 valence electrons. The van der Waals surface area contributed by atoms with E-state index in [9.17, 15) is 4.21 Å². The fourth-order valence-electron chi connectivity index (χ4n) is 0.814. The second kappa shape index (κ2) is 4.18. The number of rotatable bonds is 2. The molecule has 3 heteroatoms. The van der Waals surface area contributed by atoms with Gasteiger partial charge in [0.1, 0.15) is 0 Å². The van der Waals surface area contributed by atoms with E-state index in [-0.39, 0.29) is 0 Å². The molecule has 0 aliphatic heterocycles. The van der Waals surface area contributed by atoms with Gasteiger partial charge in [-0.15, -0.1) is 0 Å². The van der Waals surface area contributed by atoms with Gasteiger partial charge >= 0.3 is 0 Å². The molecule has 0 fully saturated rings. The van der Waals surface area contributed by atoms with Gasteiger partial charge in [0.25, 0.3) is 0 Å². The lowest BCUT2D eigenvalue weighted by Crippen LogP contribution is -1.77. The molecule has 0 aliphatic rings. The second-order valence-electron chi connectivity index (χ2n) is 2.49. The van der Waals surface area contributed by atoms with Crippen LogP contribution < -0.4 is 0 Å². The Morgan fingerprint density at radius 2 is 1.92 bits per heavy atom. The first-order valence-electron chi connectivity index (χ1n) is 3.53. The van der Waals surface area contributed by atoms with Gasteiger partial charge in [-0.1, -0.05) is 29.8 Å².